The lowest BCUT2D eigenvalue weighted by Crippen LogP contribution is -3.13. The number of hydrogen-bond donors (Lipinski definition) is 3. The Labute approximate surface area is 170 Å². The summed E-state index contributed by atoms with van der Waals surface area (Å²) in [6, 6.07) is 14.6. The molecule has 8 heteroatoms. The number of benzene rings is 2. The van der Waals surface area contributed by atoms with Crippen molar-refractivity contribution in [3.05, 3.63) is 60.3 Å². The molecule has 4 rings (SSSR count). The quantitative estimate of drug-likeness (QED) is 0.588. The van der Waals surface area contributed by atoms with Crippen molar-refractivity contribution in [3.8, 4) is 0 Å². The molecule has 2 aromatic carbocycles. The molecule has 1 aliphatic rings. The van der Waals surface area contributed by atoms with Gasteiger partial charge in [0, 0.05) is 35.3 Å². The van der Waals surface area contributed by atoms with Gasteiger partial charge in [-0.2, -0.15) is 4.31 Å². The Hall–Kier alpha value is -2.68. The highest BCUT2D eigenvalue weighted by Crippen LogP contribution is 2.19. The van der Waals surface area contributed by atoms with E-state index in [4.69, 9.17) is 0 Å². The monoisotopic (exact) mass is 413 g/mol. The van der Waals surface area contributed by atoms with E-state index in [0.29, 0.717) is 18.8 Å². The Balaban J connectivity index is 1.40. The Morgan fingerprint density at radius 1 is 1.10 bits per heavy atom. The molecule has 1 aliphatic heterocycles. The summed E-state index contributed by atoms with van der Waals surface area (Å²) in [6.07, 6.45) is 2.05. The lowest BCUT2D eigenvalue weighted by molar-refractivity contribution is -0.917. The third kappa shape index (κ3) is 4.19. The lowest BCUT2D eigenvalue weighted by Gasteiger charge is -2.31. The van der Waals surface area contributed by atoms with Crippen LogP contribution in [0.15, 0.2) is 59.6 Å². The summed E-state index contributed by atoms with van der Waals surface area (Å²) >= 11 is 0. The maximum atomic E-state index is 12.9. The summed E-state index contributed by atoms with van der Waals surface area (Å²) in [4.78, 5) is 16.1. The molecule has 1 amide bonds. The van der Waals surface area contributed by atoms with E-state index in [2.05, 4.69) is 28.6 Å². The van der Waals surface area contributed by atoms with Crippen LogP contribution < -0.4 is 10.2 Å². The standard InChI is InChI=1S/C21H24N4O3S/c1-16(26)23-18-6-8-19(9-7-18)29(27,28)25-12-10-24(11-13-25)15-17-14-22-21-5-3-2-4-20(17)21/h2-9,14,22H,10-13,15H2,1H3,(H,23,26)/p+1. The Morgan fingerprint density at radius 3 is 2.48 bits per heavy atom. The first-order chi connectivity index (χ1) is 13.9. The van der Waals surface area contributed by atoms with E-state index in [9.17, 15) is 13.2 Å². The van der Waals surface area contributed by atoms with Crippen molar-refractivity contribution in [2.75, 3.05) is 31.5 Å². The van der Waals surface area contributed by atoms with Gasteiger partial charge in [-0.15, -0.1) is 0 Å². The van der Waals surface area contributed by atoms with E-state index >= 15 is 0 Å². The molecule has 0 aliphatic carbocycles. The second kappa shape index (κ2) is 7.98. The number of carbonyl (C=O) groups excluding carboxylic acids is 1. The minimum Gasteiger partial charge on any atom is -0.361 e. The van der Waals surface area contributed by atoms with Crippen LogP contribution in [0.4, 0.5) is 5.69 Å². The molecule has 2 heterocycles. The zero-order valence-electron chi connectivity index (χ0n) is 16.3. The predicted molar refractivity (Wildman–Crippen MR) is 112 cm³/mol. The number of para-hydroxylation sites is 1. The predicted octanol–water partition coefficient (Wildman–Crippen LogP) is 1.22. The molecule has 0 spiro atoms. The lowest BCUT2D eigenvalue weighted by atomic mass is 10.1. The van der Waals surface area contributed by atoms with Gasteiger partial charge >= 0.3 is 0 Å². The number of aromatic nitrogens is 1. The first kappa shape index (κ1) is 19.6. The molecule has 0 atom stereocenters. The average molecular weight is 414 g/mol. The number of piperazine rings is 1. The van der Waals surface area contributed by atoms with Crippen molar-refractivity contribution in [2.24, 2.45) is 0 Å². The number of sulfonamides is 1. The zero-order valence-corrected chi connectivity index (χ0v) is 17.1. The number of rotatable bonds is 5. The molecule has 1 saturated heterocycles. The van der Waals surface area contributed by atoms with E-state index < -0.39 is 10.0 Å². The molecule has 3 aromatic rings. The molecule has 0 radical (unpaired) electrons. The van der Waals surface area contributed by atoms with Gasteiger partial charge in [0.1, 0.15) is 6.54 Å². The molecule has 1 aromatic heterocycles. The van der Waals surface area contributed by atoms with Gasteiger partial charge in [-0.25, -0.2) is 8.42 Å². The molecular formula is C21H25N4O3S+. The summed E-state index contributed by atoms with van der Waals surface area (Å²) in [5.41, 5.74) is 2.98. The number of nitrogens with one attached hydrogen (secondary N) is 3. The van der Waals surface area contributed by atoms with E-state index in [1.54, 1.807) is 28.6 Å². The maximum Gasteiger partial charge on any atom is 0.243 e. The van der Waals surface area contributed by atoms with E-state index in [0.717, 1.165) is 25.2 Å². The SMILES string of the molecule is CC(=O)Nc1ccc(S(=O)(=O)N2CC[NH+](Cc3c[nH]c4ccccc34)CC2)cc1. The van der Waals surface area contributed by atoms with Crippen LogP contribution in [-0.2, 0) is 21.4 Å². The van der Waals surface area contributed by atoms with Crippen molar-refractivity contribution >= 4 is 32.5 Å². The van der Waals surface area contributed by atoms with Gasteiger partial charge in [0.05, 0.1) is 31.1 Å². The highest BCUT2D eigenvalue weighted by molar-refractivity contribution is 7.89. The number of amides is 1. The van der Waals surface area contributed by atoms with Gasteiger partial charge in [0.15, 0.2) is 0 Å². The fraction of sp³-hybridized carbons (Fsp3) is 0.286. The van der Waals surface area contributed by atoms with Crippen LogP contribution >= 0.6 is 0 Å². The van der Waals surface area contributed by atoms with Gasteiger partial charge in [-0.1, -0.05) is 18.2 Å². The highest BCUT2D eigenvalue weighted by atomic mass is 32.2. The third-order valence-corrected chi connectivity index (χ3v) is 7.27. The normalized spacial score (nSPS) is 16.2. The van der Waals surface area contributed by atoms with Gasteiger partial charge < -0.3 is 15.2 Å². The fourth-order valence-electron chi connectivity index (χ4n) is 3.83. The van der Waals surface area contributed by atoms with Crippen molar-refractivity contribution in [3.63, 3.8) is 0 Å². The molecule has 3 N–H and O–H groups in total. The zero-order chi connectivity index (χ0) is 20.4. The van der Waals surface area contributed by atoms with Crippen LogP contribution in [0.25, 0.3) is 10.9 Å². The number of fused-ring (bicyclic) bond motifs is 1. The topological polar surface area (TPSA) is 86.7 Å². The smallest absolute Gasteiger partial charge is 0.243 e. The number of aromatic amines is 1. The number of nitrogens with zero attached hydrogens (tertiary/aromatic N) is 1. The number of carbonyl (C=O) groups is 1. The molecule has 1 fully saturated rings. The molecule has 0 bridgehead atoms. The van der Waals surface area contributed by atoms with Crippen molar-refractivity contribution < 1.29 is 18.1 Å². The Morgan fingerprint density at radius 2 is 1.79 bits per heavy atom. The van der Waals surface area contributed by atoms with Crippen LogP contribution in [0.3, 0.4) is 0 Å². The van der Waals surface area contributed by atoms with Crippen LogP contribution in [0.5, 0.6) is 0 Å². The molecule has 0 saturated carbocycles. The van der Waals surface area contributed by atoms with Gasteiger partial charge in [0.2, 0.25) is 15.9 Å². The van der Waals surface area contributed by atoms with Crippen molar-refractivity contribution in [1.82, 2.24) is 9.29 Å². The van der Waals surface area contributed by atoms with Crippen LogP contribution in [0, 0.1) is 0 Å². The maximum absolute atomic E-state index is 12.9. The van der Waals surface area contributed by atoms with E-state index in [1.165, 1.54) is 22.8 Å². The Kier molecular flexibility index (Phi) is 5.40. The first-order valence-electron chi connectivity index (χ1n) is 9.70. The van der Waals surface area contributed by atoms with Crippen LogP contribution in [0.2, 0.25) is 0 Å². The van der Waals surface area contributed by atoms with Crippen LogP contribution in [0.1, 0.15) is 12.5 Å². The summed E-state index contributed by atoms with van der Waals surface area (Å²) in [5.74, 6) is -0.185. The summed E-state index contributed by atoms with van der Waals surface area (Å²) in [7, 11) is -3.53. The van der Waals surface area contributed by atoms with Gasteiger partial charge in [-0.05, 0) is 30.3 Å². The van der Waals surface area contributed by atoms with Crippen molar-refractivity contribution in [2.45, 2.75) is 18.4 Å². The average Bonchev–Trinajstić information content (AvgIpc) is 3.11. The van der Waals surface area contributed by atoms with E-state index in [-0.39, 0.29) is 10.8 Å². The summed E-state index contributed by atoms with van der Waals surface area (Å²) < 4.78 is 27.4. The van der Waals surface area contributed by atoms with E-state index in [1.807, 2.05) is 12.1 Å². The van der Waals surface area contributed by atoms with Crippen molar-refractivity contribution in [1.29, 1.82) is 0 Å². The highest BCUT2D eigenvalue weighted by Gasteiger charge is 2.30. The number of anilines is 1. The Bertz CT molecular complexity index is 1110. The second-order valence-electron chi connectivity index (χ2n) is 7.40. The summed E-state index contributed by atoms with van der Waals surface area (Å²) in [5, 5.41) is 3.88. The van der Waals surface area contributed by atoms with Crippen LogP contribution in [-0.4, -0.2) is 49.8 Å². The fourth-order valence-corrected chi connectivity index (χ4v) is 5.27. The minimum atomic E-state index is -3.53. The molecule has 0 unspecified atom stereocenters. The molecular weight excluding hydrogens is 388 g/mol. The number of quaternary nitrogens is 1. The summed E-state index contributed by atoms with van der Waals surface area (Å²) in [6.45, 7) is 4.82. The first-order valence-corrected chi connectivity index (χ1v) is 11.1. The number of hydrogen-bond acceptors (Lipinski definition) is 3. The number of H-pyrrole nitrogens is 1. The largest absolute Gasteiger partial charge is 0.361 e. The van der Waals surface area contributed by atoms with Gasteiger partial charge in [-0.3, -0.25) is 4.79 Å². The minimum absolute atomic E-state index is 0.185. The third-order valence-electron chi connectivity index (χ3n) is 5.36. The van der Waals surface area contributed by atoms with Gasteiger partial charge in [0.25, 0.3) is 0 Å². The molecule has 29 heavy (non-hydrogen) atoms. The second-order valence-corrected chi connectivity index (χ2v) is 9.33. The molecule has 152 valence electrons. The molecule has 7 nitrogen and oxygen atoms in total.